The van der Waals surface area contributed by atoms with Crippen molar-refractivity contribution in [3.63, 3.8) is 0 Å². The summed E-state index contributed by atoms with van der Waals surface area (Å²) < 4.78 is 6.69. The zero-order valence-electron chi connectivity index (χ0n) is 16.2. The molecule has 6 heteroatoms. The SMILES string of the molecule is Cc1ccc(OC(C)C(=O)N2CCC(C(=O)Nc3ccccc3)CC2)c(Br)c1. The van der Waals surface area contributed by atoms with Gasteiger partial charge in [-0.3, -0.25) is 9.59 Å². The second kappa shape index (κ2) is 9.24. The first-order chi connectivity index (χ1) is 13.4. The number of rotatable bonds is 5. The first-order valence-corrected chi connectivity index (χ1v) is 10.3. The summed E-state index contributed by atoms with van der Waals surface area (Å²) in [6, 6.07) is 15.2. The van der Waals surface area contributed by atoms with Gasteiger partial charge in [-0.2, -0.15) is 0 Å². The van der Waals surface area contributed by atoms with E-state index in [0.29, 0.717) is 31.7 Å². The molecule has 1 fully saturated rings. The molecule has 1 aliphatic heterocycles. The normalized spacial score (nSPS) is 15.8. The van der Waals surface area contributed by atoms with Gasteiger partial charge < -0.3 is 15.0 Å². The highest BCUT2D eigenvalue weighted by molar-refractivity contribution is 9.10. The zero-order chi connectivity index (χ0) is 20.1. The highest BCUT2D eigenvalue weighted by atomic mass is 79.9. The van der Waals surface area contributed by atoms with Gasteiger partial charge >= 0.3 is 0 Å². The first-order valence-electron chi connectivity index (χ1n) is 9.51. The smallest absolute Gasteiger partial charge is 0.263 e. The minimum atomic E-state index is -0.575. The van der Waals surface area contributed by atoms with Crippen molar-refractivity contribution < 1.29 is 14.3 Å². The topological polar surface area (TPSA) is 58.6 Å². The molecule has 0 aliphatic carbocycles. The molecule has 3 rings (SSSR count). The lowest BCUT2D eigenvalue weighted by Crippen LogP contribution is -2.46. The summed E-state index contributed by atoms with van der Waals surface area (Å²) in [6.45, 7) is 4.90. The fraction of sp³-hybridized carbons (Fsp3) is 0.364. The summed E-state index contributed by atoms with van der Waals surface area (Å²) in [7, 11) is 0. The molecule has 5 nitrogen and oxygen atoms in total. The summed E-state index contributed by atoms with van der Waals surface area (Å²) >= 11 is 3.48. The number of para-hydroxylation sites is 1. The molecule has 0 bridgehead atoms. The quantitative estimate of drug-likeness (QED) is 0.742. The average Bonchev–Trinajstić information content (AvgIpc) is 2.70. The third-order valence-corrected chi connectivity index (χ3v) is 5.58. The van der Waals surface area contributed by atoms with E-state index in [1.807, 2.05) is 55.5 Å². The number of hydrogen-bond donors (Lipinski definition) is 1. The number of likely N-dealkylation sites (tertiary alicyclic amines) is 1. The Morgan fingerprint density at radius 2 is 1.82 bits per heavy atom. The van der Waals surface area contributed by atoms with Crippen LogP contribution in [-0.2, 0) is 9.59 Å². The summed E-state index contributed by atoms with van der Waals surface area (Å²) in [5.74, 6) is 0.552. The van der Waals surface area contributed by atoms with Crippen molar-refractivity contribution in [3.8, 4) is 5.75 Å². The maximum Gasteiger partial charge on any atom is 0.263 e. The van der Waals surface area contributed by atoms with Gasteiger partial charge in [0.15, 0.2) is 6.10 Å². The second-order valence-corrected chi connectivity index (χ2v) is 8.00. The number of aryl methyl sites for hydroxylation is 1. The van der Waals surface area contributed by atoms with Crippen molar-refractivity contribution >= 4 is 33.4 Å². The predicted octanol–water partition coefficient (Wildman–Crippen LogP) is 4.40. The Morgan fingerprint density at radius 1 is 1.14 bits per heavy atom. The molecule has 1 unspecified atom stereocenters. The number of piperidine rings is 1. The predicted molar refractivity (Wildman–Crippen MR) is 113 cm³/mol. The number of nitrogens with one attached hydrogen (secondary N) is 1. The molecular weight excluding hydrogens is 420 g/mol. The molecule has 1 heterocycles. The molecule has 148 valence electrons. The Labute approximate surface area is 174 Å². The molecule has 2 amide bonds. The third kappa shape index (κ3) is 5.13. The van der Waals surface area contributed by atoms with E-state index in [4.69, 9.17) is 4.74 Å². The van der Waals surface area contributed by atoms with E-state index in [0.717, 1.165) is 15.7 Å². The molecule has 1 saturated heterocycles. The van der Waals surface area contributed by atoms with Gasteiger partial charge in [-0.25, -0.2) is 0 Å². The number of nitrogens with zero attached hydrogens (tertiary/aromatic N) is 1. The van der Waals surface area contributed by atoms with Crippen LogP contribution in [0.4, 0.5) is 5.69 Å². The van der Waals surface area contributed by atoms with Crippen LogP contribution in [0.3, 0.4) is 0 Å². The molecule has 2 aromatic rings. The number of amides is 2. The van der Waals surface area contributed by atoms with Crippen LogP contribution in [0.2, 0.25) is 0 Å². The molecule has 1 N–H and O–H groups in total. The Kier molecular flexibility index (Phi) is 6.73. The molecule has 0 spiro atoms. The van der Waals surface area contributed by atoms with Crippen LogP contribution in [0.1, 0.15) is 25.3 Å². The van der Waals surface area contributed by atoms with E-state index in [1.54, 1.807) is 11.8 Å². The highest BCUT2D eigenvalue weighted by Crippen LogP contribution is 2.27. The van der Waals surface area contributed by atoms with Gasteiger partial charge in [-0.1, -0.05) is 24.3 Å². The molecule has 28 heavy (non-hydrogen) atoms. The lowest BCUT2D eigenvalue weighted by Gasteiger charge is -2.33. The minimum Gasteiger partial charge on any atom is -0.480 e. The minimum absolute atomic E-state index is 0.0196. The Morgan fingerprint density at radius 3 is 2.46 bits per heavy atom. The van der Waals surface area contributed by atoms with Gasteiger partial charge in [0, 0.05) is 24.7 Å². The van der Waals surface area contributed by atoms with Gasteiger partial charge in [-0.15, -0.1) is 0 Å². The average molecular weight is 445 g/mol. The number of carbonyl (C=O) groups excluding carboxylic acids is 2. The van der Waals surface area contributed by atoms with Crippen LogP contribution in [-0.4, -0.2) is 35.9 Å². The molecule has 0 saturated carbocycles. The second-order valence-electron chi connectivity index (χ2n) is 7.15. The molecule has 1 atom stereocenters. The number of anilines is 1. The van der Waals surface area contributed by atoms with Crippen molar-refractivity contribution in [1.29, 1.82) is 0 Å². The summed E-state index contributed by atoms with van der Waals surface area (Å²) in [4.78, 5) is 27.0. The van der Waals surface area contributed by atoms with Crippen LogP contribution in [0.15, 0.2) is 53.0 Å². The van der Waals surface area contributed by atoms with Crippen LogP contribution in [0, 0.1) is 12.8 Å². The van der Waals surface area contributed by atoms with E-state index in [1.165, 1.54) is 0 Å². The standard InChI is InChI=1S/C22H25BrN2O3/c1-15-8-9-20(19(23)14-15)28-16(2)22(27)25-12-10-17(11-13-25)21(26)24-18-6-4-3-5-7-18/h3-9,14,16-17H,10-13H2,1-2H3,(H,24,26). The fourth-order valence-electron chi connectivity index (χ4n) is 3.33. The Balaban J connectivity index is 1.51. The van der Waals surface area contributed by atoms with Crippen molar-refractivity contribution in [1.82, 2.24) is 4.90 Å². The van der Waals surface area contributed by atoms with Crippen molar-refractivity contribution in [3.05, 3.63) is 58.6 Å². The lowest BCUT2D eigenvalue weighted by atomic mass is 9.95. The van der Waals surface area contributed by atoms with E-state index in [2.05, 4.69) is 21.2 Å². The number of benzene rings is 2. The maximum absolute atomic E-state index is 12.7. The van der Waals surface area contributed by atoms with Gasteiger partial charge in [0.05, 0.1) is 4.47 Å². The number of halogens is 1. The number of ether oxygens (including phenoxy) is 1. The number of carbonyl (C=O) groups is 2. The fourth-order valence-corrected chi connectivity index (χ4v) is 3.91. The van der Waals surface area contributed by atoms with E-state index < -0.39 is 6.10 Å². The molecule has 2 aromatic carbocycles. The summed E-state index contributed by atoms with van der Waals surface area (Å²) in [5, 5.41) is 2.95. The van der Waals surface area contributed by atoms with Gasteiger partial charge in [-0.05, 0) is 72.4 Å². The van der Waals surface area contributed by atoms with Gasteiger partial charge in [0.1, 0.15) is 5.75 Å². The Hall–Kier alpha value is -2.34. The van der Waals surface area contributed by atoms with Crippen LogP contribution < -0.4 is 10.1 Å². The maximum atomic E-state index is 12.7. The van der Waals surface area contributed by atoms with Gasteiger partial charge in [0.25, 0.3) is 5.91 Å². The zero-order valence-corrected chi connectivity index (χ0v) is 17.7. The monoisotopic (exact) mass is 444 g/mol. The highest BCUT2D eigenvalue weighted by Gasteiger charge is 2.30. The third-order valence-electron chi connectivity index (χ3n) is 4.96. The van der Waals surface area contributed by atoms with E-state index in [9.17, 15) is 9.59 Å². The van der Waals surface area contributed by atoms with Crippen LogP contribution in [0.5, 0.6) is 5.75 Å². The van der Waals surface area contributed by atoms with Crippen LogP contribution in [0.25, 0.3) is 0 Å². The lowest BCUT2D eigenvalue weighted by molar-refractivity contribution is -0.140. The van der Waals surface area contributed by atoms with Crippen molar-refractivity contribution in [2.75, 3.05) is 18.4 Å². The van der Waals surface area contributed by atoms with E-state index in [-0.39, 0.29) is 17.7 Å². The first kappa shape index (κ1) is 20.4. The Bertz CT molecular complexity index is 833. The number of hydrogen-bond acceptors (Lipinski definition) is 3. The molecule has 0 aromatic heterocycles. The molecular formula is C22H25BrN2O3. The van der Waals surface area contributed by atoms with E-state index >= 15 is 0 Å². The largest absolute Gasteiger partial charge is 0.480 e. The van der Waals surface area contributed by atoms with Crippen LogP contribution >= 0.6 is 15.9 Å². The molecule has 0 radical (unpaired) electrons. The summed E-state index contributed by atoms with van der Waals surface area (Å²) in [6.07, 6.45) is 0.741. The summed E-state index contributed by atoms with van der Waals surface area (Å²) in [5.41, 5.74) is 1.92. The van der Waals surface area contributed by atoms with Crippen molar-refractivity contribution in [2.45, 2.75) is 32.8 Å². The van der Waals surface area contributed by atoms with Gasteiger partial charge in [0.2, 0.25) is 5.91 Å². The van der Waals surface area contributed by atoms with Crippen molar-refractivity contribution in [2.24, 2.45) is 5.92 Å². The molecule has 1 aliphatic rings.